The maximum absolute atomic E-state index is 12.4. The van der Waals surface area contributed by atoms with E-state index >= 15 is 0 Å². The van der Waals surface area contributed by atoms with Gasteiger partial charge < -0.3 is 4.90 Å². The van der Waals surface area contributed by atoms with E-state index in [1.807, 2.05) is 0 Å². The van der Waals surface area contributed by atoms with Crippen molar-refractivity contribution in [3.05, 3.63) is 38.3 Å². The minimum absolute atomic E-state index is 0.159. The Kier molecular flexibility index (Phi) is 5.09. The van der Waals surface area contributed by atoms with Gasteiger partial charge in [0.15, 0.2) is 0 Å². The van der Waals surface area contributed by atoms with Crippen LogP contribution in [0, 0.1) is 10.1 Å². The minimum Gasteiger partial charge on any atom is -0.330 e. The maximum atomic E-state index is 12.4. The van der Waals surface area contributed by atoms with Crippen LogP contribution in [0.5, 0.6) is 0 Å². The second kappa shape index (κ2) is 6.21. The third kappa shape index (κ3) is 4.19. The highest BCUT2D eigenvalue weighted by Crippen LogP contribution is 2.25. The van der Waals surface area contributed by atoms with E-state index in [1.54, 1.807) is 0 Å². The highest BCUT2D eigenvalue weighted by atomic mass is 79.9. The number of carbonyl (C=O) groups excluding carboxylic acids is 1. The molecular formula is C11H10BrF3N2O3. The Morgan fingerprint density at radius 1 is 1.45 bits per heavy atom. The van der Waals surface area contributed by atoms with Crippen molar-refractivity contribution in [2.45, 2.75) is 13.1 Å². The predicted molar refractivity (Wildman–Crippen MR) is 68.4 cm³/mol. The van der Waals surface area contributed by atoms with Crippen LogP contribution < -0.4 is 0 Å². The molecule has 0 saturated carbocycles. The summed E-state index contributed by atoms with van der Waals surface area (Å²) >= 11 is 3.01. The van der Waals surface area contributed by atoms with Gasteiger partial charge in [0.25, 0.3) is 11.6 Å². The summed E-state index contributed by atoms with van der Waals surface area (Å²) in [6.45, 7) is -0.167. The van der Waals surface area contributed by atoms with Crippen LogP contribution in [-0.2, 0) is 0 Å². The van der Waals surface area contributed by atoms with Crippen molar-refractivity contribution in [2.75, 3.05) is 13.1 Å². The van der Waals surface area contributed by atoms with E-state index in [0.29, 0.717) is 4.90 Å². The second-order valence-electron chi connectivity index (χ2n) is 3.86. The number of nitro benzene ring substituents is 1. The Bertz CT molecular complexity index is 534. The molecule has 0 atom stereocenters. The van der Waals surface area contributed by atoms with Crippen molar-refractivity contribution in [3.8, 4) is 0 Å². The average Bonchev–Trinajstić information content (AvgIpc) is 2.34. The maximum Gasteiger partial charge on any atom is 0.406 e. The Morgan fingerprint density at radius 3 is 2.50 bits per heavy atom. The summed E-state index contributed by atoms with van der Waals surface area (Å²) in [5, 5.41) is 10.6. The number of hydrogen-bond donors (Lipinski definition) is 0. The Morgan fingerprint density at radius 2 is 2.05 bits per heavy atom. The number of amides is 1. The van der Waals surface area contributed by atoms with E-state index in [4.69, 9.17) is 0 Å². The molecule has 0 radical (unpaired) electrons. The molecule has 1 aromatic rings. The molecule has 5 nitrogen and oxygen atoms in total. The van der Waals surface area contributed by atoms with Gasteiger partial charge in [-0.1, -0.05) is 0 Å². The smallest absolute Gasteiger partial charge is 0.330 e. The van der Waals surface area contributed by atoms with Crippen molar-refractivity contribution < 1.29 is 22.9 Å². The van der Waals surface area contributed by atoms with Crippen molar-refractivity contribution in [3.63, 3.8) is 0 Å². The first-order valence-electron chi connectivity index (χ1n) is 5.45. The van der Waals surface area contributed by atoms with Gasteiger partial charge in [0, 0.05) is 23.2 Å². The van der Waals surface area contributed by atoms with Crippen LogP contribution >= 0.6 is 15.9 Å². The number of carbonyl (C=O) groups is 1. The molecule has 20 heavy (non-hydrogen) atoms. The highest BCUT2D eigenvalue weighted by molar-refractivity contribution is 9.10. The summed E-state index contributed by atoms with van der Waals surface area (Å²) in [6.07, 6.45) is -4.53. The van der Waals surface area contributed by atoms with E-state index in [0.717, 1.165) is 12.1 Å². The van der Waals surface area contributed by atoms with Crippen molar-refractivity contribution in [1.29, 1.82) is 0 Å². The first-order chi connectivity index (χ1) is 9.15. The van der Waals surface area contributed by atoms with E-state index in [2.05, 4.69) is 15.9 Å². The average molecular weight is 355 g/mol. The molecule has 0 spiro atoms. The third-order valence-electron chi connectivity index (χ3n) is 2.43. The molecule has 0 aliphatic carbocycles. The molecule has 0 heterocycles. The lowest BCUT2D eigenvalue weighted by Crippen LogP contribution is -2.38. The number of benzene rings is 1. The van der Waals surface area contributed by atoms with Crippen LogP contribution in [-0.4, -0.2) is 35.0 Å². The van der Waals surface area contributed by atoms with Crippen LogP contribution in [0.3, 0.4) is 0 Å². The number of rotatable bonds is 4. The van der Waals surface area contributed by atoms with Gasteiger partial charge in [-0.2, -0.15) is 13.2 Å². The van der Waals surface area contributed by atoms with E-state index in [-0.39, 0.29) is 22.3 Å². The predicted octanol–water partition coefficient (Wildman–Crippen LogP) is 3.38. The molecule has 110 valence electrons. The van der Waals surface area contributed by atoms with Crippen LogP contribution in [0.25, 0.3) is 0 Å². The first kappa shape index (κ1) is 16.4. The Labute approximate surface area is 120 Å². The molecule has 0 bridgehead atoms. The molecule has 0 aromatic heterocycles. The van der Waals surface area contributed by atoms with Crippen LogP contribution in [0.15, 0.2) is 22.7 Å². The number of alkyl halides is 3. The van der Waals surface area contributed by atoms with Crippen molar-refractivity contribution >= 4 is 27.5 Å². The van der Waals surface area contributed by atoms with Crippen LogP contribution in [0.2, 0.25) is 0 Å². The van der Waals surface area contributed by atoms with E-state index < -0.39 is 23.6 Å². The lowest BCUT2D eigenvalue weighted by Gasteiger charge is -2.22. The normalized spacial score (nSPS) is 11.2. The summed E-state index contributed by atoms with van der Waals surface area (Å²) in [5.41, 5.74) is -0.537. The SMILES string of the molecule is CCN(CC(F)(F)F)C(=O)c1cc([N+](=O)[O-])ccc1Br. The van der Waals surface area contributed by atoms with Gasteiger partial charge in [-0.3, -0.25) is 14.9 Å². The van der Waals surface area contributed by atoms with Gasteiger partial charge in [0.05, 0.1) is 10.5 Å². The zero-order valence-corrected chi connectivity index (χ0v) is 11.9. The number of nitro groups is 1. The standard InChI is InChI=1S/C11H10BrF3N2O3/c1-2-16(6-11(13,14)15)10(18)8-5-7(17(19)20)3-4-9(8)12/h3-5H,2,6H2,1H3. The highest BCUT2D eigenvalue weighted by Gasteiger charge is 2.33. The Hall–Kier alpha value is -1.64. The minimum atomic E-state index is -4.53. The number of halogens is 4. The summed E-state index contributed by atoms with van der Waals surface area (Å²) in [5.74, 6) is -0.916. The molecule has 1 aromatic carbocycles. The van der Waals surface area contributed by atoms with Gasteiger partial charge in [-0.15, -0.1) is 0 Å². The summed E-state index contributed by atoms with van der Waals surface area (Å²) in [4.78, 5) is 22.5. The molecule has 9 heteroatoms. The zero-order chi connectivity index (χ0) is 15.5. The molecule has 1 amide bonds. The summed E-state index contributed by atoms with van der Waals surface area (Å²) in [7, 11) is 0. The molecule has 0 unspecified atom stereocenters. The lowest BCUT2D eigenvalue weighted by atomic mass is 10.1. The van der Waals surface area contributed by atoms with E-state index in [9.17, 15) is 28.1 Å². The quantitative estimate of drug-likeness (QED) is 0.615. The second-order valence-corrected chi connectivity index (χ2v) is 4.71. The van der Waals surface area contributed by atoms with Gasteiger partial charge in [0.2, 0.25) is 0 Å². The molecule has 0 aliphatic rings. The lowest BCUT2D eigenvalue weighted by molar-refractivity contribution is -0.384. The monoisotopic (exact) mass is 354 g/mol. The Balaban J connectivity index is 3.12. The molecule has 0 N–H and O–H groups in total. The molecule has 0 saturated heterocycles. The summed E-state index contributed by atoms with van der Waals surface area (Å²) in [6, 6.07) is 3.36. The van der Waals surface area contributed by atoms with Crippen LogP contribution in [0.4, 0.5) is 18.9 Å². The fourth-order valence-electron chi connectivity index (χ4n) is 1.50. The van der Waals surface area contributed by atoms with E-state index in [1.165, 1.54) is 13.0 Å². The molecular weight excluding hydrogens is 345 g/mol. The van der Waals surface area contributed by atoms with Crippen molar-refractivity contribution in [1.82, 2.24) is 4.90 Å². The van der Waals surface area contributed by atoms with Crippen molar-refractivity contribution in [2.24, 2.45) is 0 Å². The fourth-order valence-corrected chi connectivity index (χ4v) is 1.92. The summed E-state index contributed by atoms with van der Waals surface area (Å²) < 4.78 is 37.3. The van der Waals surface area contributed by atoms with Gasteiger partial charge >= 0.3 is 6.18 Å². The van der Waals surface area contributed by atoms with Gasteiger partial charge in [0.1, 0.15) is 6.54 Å². The zero-order valence-electron chi connectivity index (χ0n) is 10.3. The fraction of sp³-hybridized carbons (Fsp3) is 0.364. The third-order valence-corrected chi connectivity index (χ3v) is 3.12. The molecule has 0 fully saturated rings. The first-order valence-corrected chi connectivity index (χ1v) is 6.25. The number of non-ortho nitro benzene ring substituents is 1. The van der Waals surface area contributed by atoms with Gasteiger partial charge in [-0.05, 0) is 28.9 Å². The van der Waals surface area contributed by atoms with Gasteiger partial charge in [-0.25, -0.2) is 0 Å². The topological polar surface area (TPSA) is 63.5 Å². The number of hydrogen-bond acceptors (Lipinski definition) is 3. The molecule has 1 rings (SSSR count). The molecule has 0 aliphatic heterocycles. The largest absolute Gasteiger partial charge is 0.406 e. The number of nitrogens with zero attached hydrogens (tertiary/aromatic N) is 2. The van der Waals surface area contributed by atoms with Crippen LogP contribution in [0.1, 0.15) is 17.3 Å².